The highest BCUT2D eigenvalue weighted by Gasteiger charge is 2.23. The van der Waals surface area contributed by atoms with Crippen molar-refractivity contribution in [1.82, 2.24) is 4.90 Å². The fourth-order valence-corrected chi connectivity index (χ4v) is 2.30. The van der Waals surface area contributed by atoms with Crippen LogP contribution in [0.25, 0.3) is 0 Å². The van der Waals surface area contributed by atoms with E-state index in [1.165, 1.54) is 16.7 Å². The van der Waals surface area contributed by atoms with Crippen LogP contribution in [0.15, 0.2) is 18.2 Å². The van der Waals surface area contributed by atoms with Crippen molar-refractivity contribution in [2.75, 3.05) is 13.6 Å². The SMILES string of the molecule is Cc1ccc(CN(C)C(=O)C(CN)C(C)C)c(C)c1. The van der Waals surface area contributed by atoms with Gasteiger partial charge in [0.25, 0.3) is 0 Å². The first kappa shape index (κ1) is 15.7. The number of nitrogens with two attached hydrogens (primary N) is 1. The molecule has 19 heavy (non-hydrogen) atoms. The van der Waals surface area contributed by atoms with Gasteiger partial charge >= 0.3 is 0 Å². The van der Waals surface area contributed by atoms with Gasteiger partial charge in [0.15, 0.2) is 0 Å². The van der Waals surface area contributed by atoms with Crippen molar-refractivity contribution >= 4 is 5.91 Å². The fraction of sp³-hybridized carbons (Fsp3) is 0.562. The van der Waals surface area contributed by atoms with Gasteiger partial charge in [0, 0.05) is 20.1 Å². The monoisotopic (exact) mass is 262 g/mol. The standard InChI is InChI=1S/C16H26N2O/c1-11(2)15(9-17)16(19)18(5)10-14-7-6-12(3)8-13(14)4/h6-8,11,15H,9-10,17H2,1-5H3. The van der Waals surface area contributed by atoms with E-state index in [9.17, 15) is 4.79 Å². The minimum Gasteiger partial charge on any atom is -0.341 e. The lowest BCUT2D eigenvalue weighted by Crippen LogP contribution is -2.39. The van der Waals surface area contributed by atoms with Crippen molar-refractivity contribution in [3.63, 3.8) is 0 Å². The smallest absolute Gasteiger partial charge is 0.227 e. The van der Waals surface area contributed by atoms with Gasteiger partial charge in [0.05, 0.1) is 5.92 Å². The molecular weight excluding hydrogens is 236 g/mol. The molecule has 3 nitrogen and oxygen atoms in total. The maximum Gasteiger partial charge on any atom is 0.227 e. The van der Waals surface area contributed by atoms with Crippen molar-refractivity contribution < 1.29 is 4.79 Å². The molecule has 0 radical (unpaired) electrons. The van der Waals surface area contributed by atoms with Crippen LogP contribution >= 0.6 is 0 Å². The number of aryl methyl sites for hydroxylation is 2. The second-order valence-electron chi connectivity index (χ2n) is 5.71. The average Bonchev–Trinajstić information content (AvgIpc) is 2.32. The van der Waals surface area contributed by atoms with Crippen LogP contribution < -0.4 is 5.73 Å². The number of rotatable bonds is 5. The summed E-state index contributed by atoms with van der Waals surface area (Å²) in [5.74, 6) is 0.326. The number of hydrogen-bond donors (Lipinski definition) is 1. The van der Waals surface area contributed by atoms with E-state index in [4.69, 9.17) is 5.73 Å². The molecule has 2 N–H and O–H groups in total. The lowest BCUT2D eigenvalue weighted by Gasteiger charge is -2.26. The number of carbonyl (C=O) groups excluding carboxylic acids is 1. The van der Waals surface area contributed by atoms with E-state index < -0.39 is 0 Å². The van der Waals surface area contributed by atoms with Crippen LogP contribution in [0.5, 0.6) is 0 Å². The van der Waals surface area contributed by atoms with Crippen LogP contribution in [0, 0.1) is 25.7 Å². The van der Waals surface area contributed by atoms with Crippen molar-refractivity contribution in [3.05, 3.63) is 34.9 Å². The summed E-state index contributed by atoms with van der Waals surface area (Å²) in [6, 6.07) is 6.33. The van der Waals surface area contributed by atoms with Gasteiger partial charge in [-0.2, -0.15) is 0 Å². The zero-order valence-corrected chi connectivity index (χ0v) is 12.7. The molecule has 1 aromatic carbocycles. The third-order valence-electron chi connectivity index (χ3n) is 3.66. The largest absolute Gasteiger partial charge is 0.341 e. The van der Waals surface area contributed by atoms with Gasteiger partial charge < -0.3 is 10.6 Å². The molecule has 0 aliphatic heterocycles. The summed E-state index contributed by atoms with van der Waals surface area (Å²) >= 11 is 0. The zero-order valence-electron chi connectivity index (χ0n) is 12.7. The number of amides is 1. The molecule has 1 atom stereocenters. The van der Waals surface area contributed by atoms with E-state index >= 15 is 0 Å². The molecule has 0 heterocycles. The predicted molar refractivity (Wildman–Crippen MR) is 79.8 cm³/mol. The molecule has 0 aliphatic rings. The molecule has 1 rings (SSSR count). The fourth-order valence-electron chi connectivity index (χ4n) is 2.30. The topological polar surface area (TPSA) is 46.3 Å². The van der Waals surface area contributed by atoms with Gasteiger partial charge in [0.2, 0.25) is 5.91 Å². The Morgan fingerprint density at radius 2 is 1.95 bits per heavy atom. The summed E-state index contributed by atoms with van der Waals surface area (Å²) in [5, 5.41) is 0. The maximum absolute atomic E-state index is 12.3. The summed E-state index contributed by atoms with van der Waals surface area (Å²) in [6.45, 7) is 9.31. The van der Waals surface area contributed by atoms with E-state index in [-0.39, 0.29) is 17.7 Å². The summed E-state index contributed by atoms with van der Waals surface area (Å²) in [5.41, 5.74) is 9.38. The molecule has 0 aromatic heterocycles. The minimum absolute atomic E-state index is 0.0873. The van der Waals surface area contributed by atoms with E-state index in [0.29, 0.717) is 13.1 Å². The highest BCUT2D eigenvalue weighted by molar-refractivity contribution is 5.79. The summed E-state index contributed by atoms with van der Waals surface area (Å²) in [7, 11) is 1.85. The average molecular weight is 262 g/mol. The molecule has 106 valence electrons. The molecule has 0 saturated carbocycles. The van der Waals surface area contributed by atoms with E-state index in [1.54, 1.807) is 4.90 Å². The predicted octanol–water partition coefficient (Wildman–Crippen LogP) is 2.49. The first-order valence-electron chi connectivity index (χ1n) is 6.88. The van der Waals surface area contributed by atoms with Crippen molar-refractivity contribution in [2.24, 2.45) is 17.6 Å². The van der Waals surface area contributed by atoms with Crippen molar-refractivity contribution in [3.8, 4) is 0 Å². The Hall–Kier alpha value is -1.35. The Labute approximate surface area is 116 Å². The Morgan fingerprint density at radius 1 is 1.32 bits per heavy atom. The number of carbonyl (C=O) groups is 1. The van der Waals surface area contributed by atoms with Crippen LogP contribution in [-0.2, 0) is 11.3 Å². The van der Waals surface area contributed by atoms with Gasteiger partial charge in [0.1, 0.15) is 0 Å². The number of benzene rings is 1. The first-order valence-corrected chi connectivity index (χ1v) is 6.88. The van der Waals surface area contributed by atoms with Gasteiger partial charge in [-0.1, -0.05) is 37.6 Å². The van der Waals surface area contributed by atoms with Gasteiger partial charge in [-0.3, -0.25) is 4.79 Å². The molecule has 0 spiro atoms. The Bertz CT molecular complexity index is 440. The van der Waals surface area contributed by atoms with Crippen LogP contribution in [0.3, 0.4) is 0 Å². The third-order valence-corrected chi connectivity index (χ3v) is 3.66. The van der Waals surface area contributed by atoms with Crippen LogP contribution in [0.2, 0.25) is 0 Å². The molecule has 1 amide bonds. The molecule has 0 saturated heterocycles. The number of nitrogens with zero attached hydrogens (tertiary/aromatic N) is 1. The molecule has 0 aliphatic carbocycles. The second kappa shape index (κ2) is 6.71. The minimum atomic E-state index is -0.0873. The quantitative estimate of drug-likeness (QED) is 0.886. The number of hydrogen-bond acceptors (Lipinski definition) is 2. The summed E-state index contributed by atoms with van der Waals surface area (Å²) < 4.78 is 0. The Morgan fingerprint density at radius 3 is 2.42 bits per heavy atom. The van der Waals surface area contributed by atoms with Crippen molar-refractivity contribution in [1.29, 1.82) is 0 Å². The molecule has 3 heteroatoms. The zero-order chi connectivity index (χ0) is 14.6. The molecular formula is C16H26N2O. The molecule has 1 unspecified atom stereocenters. The molecule has 0 fully saturated rings. The lowest BCUT2D eigenvalue weighted by atomic mass is 9.94. The van der Waals surface area contributed by atoms with Crippen LogP contribution in [0.1, 0.15) is 30.5 Å². The van der Waals surface area contributed by atoms with Crippen LogP contribution in [-0.4, -0.2) is 24.4 Å². The summed E-state index contributed by atoms with van der Waals surface area (Å²) in [6.07, 6.45) is 0. The first-order chi connectivity index (χ1) is 8.86. The Balaban J connectivity index is 2.78. The van der Waals surface area contributed by atoms with Crippen molar-refractivity contribution in [2.45, 2.75) is 34.2 Å². The second-order valence-corrected chi connectivity index (χ2v) is 5.71. The van der Waals surface area contributed by atoms with Crippen LogP contribution in [0.4, 0.5) is 0 Å². The lowest BCUT2D eigenvalue weighted by molar-refractivity contribution is -0.135. The van der Waals surface area contributed by atoms with E-state index in [2.05, 4.69) is 32.0 Å². The van der Waals surface area contributed by atoms with E-state index in [1.807, 2.05) is 20.9 Å². The summed E-state index contributed by atoms with van der Waals surface area (Å²) in [4.78, 5) is 14.1. The normalized spacial score (nSPS) is 12.6. The molecule has 1 aromatic rings. The molecule has 0 bridgehead atoms. The van der Waals surface area contributed by atoms with Gasteiger partial charge in [-0.15, -0.1) is 0 Å². The highest BCUT2D eigenvalue weighted by Crippen LogP contribution is 2.16. The van der Waals surface area contributed by atoms with E-state index in [0.717, 1.165) is 0 Å². The van der Waals surface area contributed by atoms with Gasteiger partial charge in [-0.05, 0) is 30.9 Å². The third kappa shape index (κ3) is 4.06. The van der Waals surface area contributed by atoms with Gasteiger partial charge in [-0.25, -0.2) is 0 Å². The Kier molecular flexibility index (Phi) is 5.55. The highest BCUT2D eigenvalue weighted by atomic mass is 16.2. The maximum atomic E-state index is 12.3.